The summed E-state index contributed by atoms with van der Waals surface area (Å²) in [4.78, 5) is 37.8. The molecule has 0 aliphatic heterocycles. The van der Waals surface area contributed by atoms with E-state index in [9.17, 15) is 14.4 Å². The van der Waals surface area contributed by atoms with Gasteiger partial charge in [-0.2, -0.15) is 4.68 Å². The monoisotopic (exact) mass is 522 g/mol. The van der Waals surface area contributed by atoms with Crippen LogP contribution in [0.2, 0.25) is 5.02 Å². The first-order valence-corrected chi connectivity index (χ1v) is 11.8. The van der Waals surface area contributed by atoms with Crippen LogP contribution in [0.25, 0.3) is 11.8 Å². The zero-order valence-corrected chi connectivity index (χ0v) is 20.1. The molecule has 36 heavy (non-hydrogen) atoms. The van der Waals surface area contributed by atoms with Crippen LogP contribution in [0.4, 0.5) is 5.69 Å². The van der Waals surface area contributed by atoms with Gasteiger partial charge in [0.1, 0.15) is 12.4 Å². The SMILES string of the molecule is O=C(C=Cc1cc(Cl)ccc1-n1cnnn1)N[C@@H](Cc1cccs1)C(=O)Nc1ccc(C(=O)O)cc1. The van der Waals surface area contributed by atoms with Gasteiger partial charge in [0.15, 0.2) is 0 Å². The Morgan fingerprint density at radius 3 is 2.61 bits per heavy atom. The first-order chi connectivity index (χ1) is 17.4. The number of thiophene rings is 1. The van der Waals surface area contributed by atoms with Crippen molar-refractivity contribution < 1.29 is 19.5 Å². The Balaban J connectivity index is 1.50. The largest absolute Gasteiger partial charge is 0.478 e. The van der Waals surface area contributed by atoms with Gasteiger partial charge in [0.05, 0.1) is 11.3 Å². The van der Waals surface area contributed by atoms with Gasteiger partial charge in [0, 0.05) is 33.6 Å². The molecule has 10 nitrogen and oxygen atoms in total. The molecule has 0 spiro atoms. The lowest BCUT2D eigenvalue weighted by atomic mass is 10.1. The van der Waals surface area contributed by atoms with Crippen molar-refractivity contribution in [1.29, 1.82) is 0 Å². The van der Waals surface area contributed by atoms with Gasteiger partial charge in [-0.3, -0.25) is 9.59 Å². The normalized spacial score (nSPS) is 11.8. The fourth-order valence-corrected chi connectivity index (χ4v) is 4.22. The highest BCUT2D eigenvalue weighted by molar-refractivity contribution is 7.09. The Hall–Kier alpha value is -4.35. The minimum Gasteiger partial charge on any atom is -0.478 e. The molecule has 2 amide bonds. The topological polar surface area (TPSA) is 139 Å². The van der Waals surface area contributed by atoms with E-state index in [1.54, 1.807) is 24.3 Å². The summed E-state index contributed by atoms with van der Waals surface area (Å²) in [5, 5.41) is 28.0. The highest BCUT2D eigenvalue weighted by Gasteiger charge is 2.21. The van der Waals surface area contributed by atoms with Crippen molar-refractivity contribution in [3.05, 3.63) is 93.4 Å². The molecule has 4 aromatic rings. The zero-order valence-electron chi connectivity index (χ0n) is 18.5. The van der Waals surface area contributed by atoms with Crippen molar-refractivity contribution in [2.75, 3.05) is 5.32 Å². The van der Waals surface area contributed by atoms with E-state index in [4.69, 9.17) is 16.7 Å². The predicted molar refractivity (Wildman–Crippen MR) is 135 cm³/mol. The second-order valence-corrected chi connectivity index (χ2v) is 8.98. The number of carbonyl (C=O) groups is 3. The quantitative estimate of drug-likeness (QED) is 0.286. The van der Waals surface area contributed by atoms with Gasteiger partial charge in [0.2, 0.25) is 11.8 Å². The minimum atomic E-state index is -1.06. The van der Waals surface area contributed by atoms with Crippen LogP contribution in [-0.2, 0) is 16.0 Å². The summed E-state index contributed by atoms with van der Waals surface area (Å²) in [6.45, 7) is 0. The van der Waals surface area contributed by atoms with E-state index in [2.05, 4.69) is 26.2 Å². The molecule has 0 unspecified atom stereocenters. The number of aromatic nitrogens is 4. The molecular weight excluding hydrogens is 504 g/mol. The molecule has 1 atom stereocenters. The lowest BCUT2D eigenvalue weighted by molar-refractivity contribution is -0.123. The summed E-state index contributed by atoms with van der Waals surface area (Å²) in [7, 11) is 0. The first-order valence-electron chi connectivity index (χ1n) is 10.6. The van der Waals surface area contributed by atoms with Crippen LogP contribution >= 0.6 is 22.9 Å². The maximum absolute atomic E-state index is 13.0. The van der Waals surface area contributed by atoms with E-state index < -0.39 is 23.8 Å². The zero-order chi connectivity index (χ0) is 25.5. The Labute approximate surface area is 214 Å². The number of hydrogen-bond acceptors (Lipinski definition) is 7. The van der Waals surface area contributed by atoms with Gasteiger partial charge in [-0.15, -0.1) is 16.4 Å². The van der Waals surface area contributed by atoms with Crippen LogP contribution in [0, 0.1) is 0 Å². The molecule has 0 fully saturated rings. The molecule has 0 bridgehead atoms. The molecule has 2 heterocycles. The van der Waals surface area contributed by atoms with Crippen molar-refractivity contribution in [3.8, 4) is 5.69 Å². The van der Waals surface area contributed by atoms with Gasteiger partial charge >= 0.3 is 5.97 Å². The Bertz CT molecular complexity index is 1390. The van der Waals surface area contributed by atoms with Crippen molar-refractivity contribution in [2.24, 2.45) is 0 Å². The molecule has 0 radical (unpaired) electrons. The highest BCUT2D eigenvalue weighted by atomic mass is 35.5. The number of aromatic carboxylic acids is 1. The fourth-order valence-electron chi connectivity index (χ4n) is 3.29. The van der Waals surface area contributed by atoms with Crippen molar-refractivity contribution in [1.82, 2.24) is 25.5 Å². The second kappa shape index (κ2) is 11.4. The third-order valence-corrected chi connectivity index (χ3v) is 6.15. The van der Waals surface area contributed by atoms with E-state index in [1.807, 2.05) is 17.5 Å². The Kier molecular flexibility index (Phi) is 7.83. The molecule has 2 aromatic carbocycles. The number of amides is 2. The predicted octanol–water partition coefficient (Wildman–Crippen LogP) is 3.45. The first kappa shape index (κ1) is 24.8. The summed E-state index contributed by atoms with van der Waals surface area (Å²) in [6, 6.07) is 13.7. The molecule has 0 saturated heterocycles. The number of carboxylic acids is 1. The third kappa shape index (κ3) is 6.40. The number of carboxylic acid groups (broad SMARTS) is 1. The lowest BCUT2D eigenvalue weighted by Crippen LogP contribution is -2.44. The second-order valence-electron chi connectivity index (χ2n) is 7.51. The Morgan fingerprint density at radius 2 is 1.94 bits per heavy atom. The fraction of sp³-hybridized carbons (Fsp3) is 0.0833. The molecule has 4 rings (SSSR count). The Morgan fingerprint density at radius 1 is 1.14 bits per heavy atom. The van der Waals surface area contributed by atoms with Crippen molar-refractivity contribution in [3.63, 3.8) is 0 Å². The number of hydrogen-bond donors (Lipinski definition) is 3. The van der Waals surface area contributed by atoms with Crippen LogP contribution in [0.5, 0.6) is 0 Å². The summed E-state index contributed by atoms with van der Waals surface area (Å²) in [6.07, 6.45) is 4.56. The van der Waals surface area contributed by atoms with E-state index in [0.29, 0.717) is 22.0 Å². The van der Waals surface area contributed by atoms with Crippen molar-refractivity contribution >= 4 is 52.5 Å². The molecule has 2 aromatic heterocycles. The van der Waals surface area contributed by atoms with E-state index in [0.717, 1.165) is 4.88 Å². The summed E-state index contributed by atoms with van der Waals surface area (Å²) >= 11 is 7.59. The van der Waals surface area contributed by atoms with E-state index in [1.165, 1.54) is 52.7 Å². The van der Waals surface area contributed by atoms with Crippen LogP contribution in [-0.4, -0.2) is 49.1 Å². The van der Waals surface area contributed by atoms with Gasteiger partial charge in [-0.05, 0) is 70.4 Å². The molecule has 182 valence electrons. The average Bonchev–Trinajstić information content (AvgIpc) is 3.57. The number of tetrazole rings is 1. The number of benzene rings is 2. The molecule has 0 saturated carbocycles. The summed E-state index contributed by atoms with van der Waals surface area (Å²) in [5.41, 5.74) is 1.73. The lowest BCUT2D eigenvalue weighted by Gasteiger charge is -2.17. The average molecular weight is 523 g/mol. The molecule has 3 N–H and O–H groups in total. The molecule has 12 heteroatoms. The molecule has 0 aliphatic rings. The third-order valence-electron chi connectivity index (χ3n) is 5.02. The minimum absolute atomic E-state index is 0.101. The van der Waals surface area contributed by atoms with Gasteiger partial charge < -0.3 is 15.7 Å². The maximum Gasteiger partial charge on any atom is 0.335 e. The van der Waals surface area contributed by atoms with Gasteiger partial charge in [-0.25, -0.2) is 4.79 Å². The number of halogens is 1. The number of nitrogens with zero attached hydrogens (tertiary/aromatic N) is 4. The van der Waals surface area contributed by atoms with E-state index in [-0.39, 0.29) is 12.0 Å². The van der Waals surface area contributed by atoms with Gasteiger partial charge in [0.25, 0.3) is 0 Å². The van der Waals surface area contributed by atoms with Crippen LogP contribution in [0.3, 0.4) is 0 Å². The number of carbonyl (C=O) groups excluding carboxylic acids is 2. The summed E-state index contributed by atoms with van der Waals surface area (Å²) < 4.78 is 1.44. The standard InChI is InChI=1S/C24H19ClN6O4S/c25-17-6-9-21(31-14-26-29-30-31)16(12-17)5-10-22(32)28-20(13-19-2-1-11-36-19)23(33)27-18-7-3-15(4-8-18)24(34)35/h1-12,14,20H,13H2,(H,27,33)(H,28,32)(H,34,35)/t20-/m0/s1. The van der Waals surface area contributed by atoms with Crippen LogP contribution in [0.1, 0.15) is 20.8 Å². The number of rotatable bonds is 9. The summed E-state index contributed by atoms with van der Waals surface area (Å²) in [5.74, 6) is -1.99. The van der Waals surface area contributed by atoms with Crippen LogP contribution in [0.15, 0.2) is 72.4 Å². The van der Waals surface area contributed by atoms with E-state index >= 15 is 0 Å². The number of nitrogens with one attached hydrogen (secondary N) is 2. The molecular formula is C24H19ClN6O4S. The highest BCUT2D eigenvalue weighted by Crippen LogP contribution is 2.20. The maximum atomic E-state index is 13.0. The smallest absolute Gasteiger partial charge is 0.335 e. The van der Waals surface area contributed by atoms with Gasteiger partial charge in [-0.1, -0.05) is 17.7 Å². The number of anilines is 1. The molecule has 0 aliphatic carbocycles. The van der Waals surface area contributed by atoms with Crippen molar-refractivity contribution in [2.45, 2.75) is 12.5 Å². The van der Waals surface area contributed by atoms with Crippen LogP contribution < -0.4 is 10.6 Å².